The Kier molecular flexibility index (Phi) is 3.80. The third kappa shape index (κ3) is 2.91. The first kappa shape index (κ1) is 15.5. The Hall–Kier alpha value is -2.43. The molecule has 0 saturated carbocycles. The minimum atomic E-state index is -0.349. The summed E-state index contributed by atoms with van der Waals surface area (Å²) in [5.41, 5.74) is 2.07. The Morgan fingerprint density at radius 2 is 1.96 bits per heavy atom. The van der Waals surface area contributed by atoms with Gasteiger partial charge in [0, 0.05) is 12.0 Å². The molecule has 1 aromatic heterocycles. The number of hydrogen-bond donors (Lipinski definition) is 0. The van der Waals surface area contributed by atoms with Crippen LogP contribution in [0, 0.1) is 5.41 Å². The van der Waals surface area contributed by atoms with Crippen molar-refractivity contribution >= 4 is 11.8 Å². The number of carbonyl (C=O) groups is 2. The molecule has 0 unspecified atom stereocenters. The lowest BCUT2D eigenvalue weighted by Gasteiger charge is -2.28. The average molecular weight is 312 g/mol. The van der Waals surface area contributed by atoms with E-state index in [-0.39, 0.29) is 23.7 Å². The van der Waals surface area contributed by atoms with Gasteiger partial charge >= 0.3 is 5.97 Å². The van der Waals surface area contributed by atoms with Gasteiger partial charge in [-0.25, -0.2) is 4.98 Å². The summed E-state index contributed by atoms with van der Waals surface area (Å²) in [5, 5.41) is 0. The second kappa shape index (κ2) is 5.65. The number of hydrogen-bond acceptors (Lipinski definition) is 4. The normalized spacial score (nSPS) is 16.0. The topological polar surface area (TPSA) is 61.2 Å². The summed E-state index contributed by atoms with van der Waals surface area (Å²) in [6.45, 7) is 4.18. The molecule has 0 bridgehead atoms. The number of aromatic nitrogens is 2. The van der Waals surface area contributed by atoms with Crippen molar-refractivity contribution in [1.29, 1.82) is 0 Å². The number of ether oxygens (including phenoxy) is 1. The van der Waals surface area contributed by atoms with Gasteiger partial charge in [0.2, 0.25) is 0 Å². The SMILES string of the molecule is COC(=O)Cn1c(-c2ccccc2)nc2c1CC(C)(C)CC2=O. The quantitative estimate of drug-likeness (QED) is 0.818. The van der Waals surface area contributed by atoms with E-state index in [1.807, 2.05) is 34.9 Å². The monoisotopic (exact) mass is 312 g/mol. The van der Waals surface area contributed by atoms with Gasteiger partial charge in [0.25, 0.3) is 0 Å². The lowest BCUT2D eigenvalue weighted by Crippen LogP contribution is -2.29. The van der Waals surface area contributed by atoms with Crippen molar-refractivity contribution in [3.63, 3.8) is 0 Å². The van der Waals surface area contributed by atoms with Crippen LogP contribution in [0.4, 0.5) is 0 Å². The molecule has 0 spiro atoms. The number of esters is 1. The van der Waals surface area contributed by atoms with E-state index >= 15 is 0 Å². The zero-order valence-electron chi connectivity index (χ0n) is 13.6. The minimum absolute atomic E-state index is 0.0389. The van der Waals surface area contributed by atoms with E-state index in [0.29, 0.717) is 24.4 Å². The number of ketones is 1. The molecule has 0 amide bonds. The molecule has 0 aliphatic heterocycles. The molecule has 0 N–H and O–H groups in total. The highest BCUT2D eigenvalue weighted by molar-refractivity contribution is 5.97. The molecule has 23 heavy (non-hydrogen) atoms. The highest BCUT2D eigenvalue weighted by Gasteiger charge is 2.36. The number of rotatable bonds is 3. The first-order valence-corrected chi connectivity index (χ1v) is 7.66. The fourth-order valence-corrected chi connectivity index (χ4v) is 3.09. The van der Waals surface area contributed by atoms with E-state index in [1.165, 1.54) is 7.11 Å². The van der Waals surface area contributed by atoms with E-state index < -0.39 is 0 Å². The Morgan fingerprint density at radius 3 is 2.61 bits per heavy atom. The molecular weight excluding hydrogens is 292 g/mol. The number of carbonyl (C=O) groups excluding carboxylic acids is 2. The van der Waals surface area contributed by atoms with Crippen molar-refractivity contribution < 1.29 is 14.3 Å². The summed E-state index contributed by atoms with van der Waals surface area (Å²) < 4.78 is 6.64. The zero-order chi connectivity index (χ0) is 16.6. The van der Waals surface area contributed by atoms with Crippen LogP contribution in [0.5, 0.6) is 0 Å². The molecular formula is C18H20N2O3. The maximum Gasteiger partial charge on any atom is 0.325 e. The molecule has 0 saturated heterocycles. The Labute approximate surface area is 135 Å². The Bertz CT molecular complexity index is 760. The number of benzene rings is 1. The minimum Gasteiger partial charge on any atom is -0.468 e. The average Bonchev–Trinajstić information content (AvgIpc) is 2.86. The third-order valence-corrected chi connectivity index (χ3v) is 4.17. The van der Waals surface area contributed by atoms with E-state index in [0.717, 1.165) is 11.3 Å². The molecule has 1 aliphatic rings. The first-order valence-electron chi connectivity index (χ1n) is 7.66. The summed E-state index contributed by atoms with van der Waals surface area (Å²) in [5.74, 6) is 0.335. The van der Waals surface area contributed by atoms with Gasteiger partial charge in [-0.15, -0.1) is 0 Å². The van der Waals surface area contributed by atoms with Crippen LogP contribution in [0.25, 0.3) is 11.4 Å². The van der Waals surface area contributed by atoms with Crippen LogP contribution in [-0.2, 0) is 22.5 Å². The van der Waals surface area contributed by atoms with Crippen molar-refractivity contribution in [2.45, 2.75) is 33.2 Å². The summed E-state index contributed by atoms with van der Waals surface area (Å²) in [6, 6.07) is 9.61. The van der Waals surface area contributed by atoms with Crippen LogP contribution in [-0.4, -0.2) is 28.4 Å². The van der Waals surface area contributed by atoms with E-state index in [2.05, 4.69) is 18.8 Å². The second-order valence-electron chi connectivity index (χ2n) is 6.70. The lowest BCUT2D eigenvalue weighted by atomic mass is 9.77. The third-order valence-electron chi connectivity index (χ3n) is 4.17. The molecule has 2 aromatic rings. The number of methoxy groups -OCH3 is 1. The summed E-state index contributed by atoms with van der Waals surface area (Å²) in [6.07, 6.45) is 1.19. The fraction of sp³-hybridized carbons (Fsp3) is 0.389. The molecule has 1 heterocycles. The van der Waals surface area contributed by atoms with Crippen LogP contribution in [0.15, 0.2) is 30.3 Å². The van der Waals surface area contributed by atoms with Gasteiger partial charge in [0.05, 0.1) is 12.8 Å². The molecule has 1 aliphatic carbocycles. The highest BCUT2D eigenvalue weighted by Crippen LogP contribution is 2.36. The largest absolute Gasteiger partial charge is 0.468 e. The predicted octanol–water partition coefficient (Wildman–Crippen LogP) is 2.88. The molecule has 5 heteroatoms. The summed E-state index contributed by atoms with van der Waals surface area (Å²) in [7, 11) is 1.36. The predicted molar refractivity (Wildman–Crippen MR) is 86.1 cm³/mol. The van der Waals surface area contributed by atoms with Gasteiger partial charge in [-0.3, -0.25) is 9.59 Å². The summed E-state index contributed by atoms with van der Waals surface area (Å²) in [4.78, 5) is 28.9. The molecule has 0 fully saturated rings. The van der Waals surface area contributed by atoms with Gasteiger partial charge in [0.1, 0.15) is 18.1 Å². The lowest BCUT2D eigenvalue weighted by molar-refractivity contribution is -0.141. The van der Waals surface area contributed by atoms with Gasteiger partial charge in [-0.2, -0.15) is 0 Å². The molecule has 0 radical (unpaired) electrons. The molecule has 5 nitrogen and oxygen atoms in total. The van der Waals surface area contributed by atoms with E-state index in [9.17, 15) is 9.59 Å². The first-order chi connectivity index (χ1) is 10.9. The maximum absolute atomic E-state index is 12.5. The van der Waals surface area contributed by atoms with Crippen LogP contribution in [0.1, 0.15) is 36.5 Å². The second-order valence-corrected chi connectivity index (χ2v) is 6.70. The van der Waals surface area contributed by atoms with Gasteiger partial charge in [0.15, 0.2) is 5.78 Å². The Balaban J connectivity index is 2.17. The molecule has 0 atom stereocenters. The van der Waals surface area contributed by atoms with Crippen molar-refractivity contribution in [2.24, 2.45) is 5.41 Å². The van der Waals surface area contributed by atoms with Crippen molar-refractivity contribution in [2.75, 3.05) is 7.11 Å². The Morgan fingerprint density at radius 1 is 1.26 bits per heavy atom. The standard InChI is InChI=1S/C18H20N2O3/c1-18(2)9-13-16(14(21)10-18)19-17(12-7-5-4-6-8-12)20(13)11-15(22)23-3/h4-8H,9-11H2,1-3H3. The van der Waals surface area contributed by atoms with Crippen LogP contribution < -0.4 is 0 Å². The molecule has 120 valence electrons. The van der Waals surface area contributed by atoms with Crippen molar-refractivity contribution in [1.82, 2.24) is 9.55 Å². The molecule has 1 aromatic carbocycles. The van der Waals surface area contributed by atoms with Crippen LogP contribution in [0.3, 0.4) is 0 Å². The number of fused-ring (bicyclic) bond motifs is 1. The highest BCUT2D eigenvalue weighted by atomic mass is 16.5. The number of Topliss-reactive ketones (excluding diaryl/α,β-unsaturated/α-hetero) is 1. The number of nitrogens with zero attached hydrogens (tertiary/aromatic N) is 2. The number of imidazole rings is 1. The molecule has 3 rings (SSSR count). The maximum atomic E-state index is 12.5. The fourth-order valence-electron chi connectivity index (χ4n) is 3.09. The van der Waals surface area contributed by atoms with Gasteiger partial charge < -0.3 is 9.30 Å². The summed E-state index contributed by atoms with van der Waals surface area (Å²) >= 11 is 0. The van der Waals surface area contributed by atoms with E-state index in [1.54, 1.807) is 0 Å². The smallest absolute Gasteiger partial charge is 0.325 e. The van der Waals surface area contributed by atoms with Crippen molar-refractivity contribution in [3.05, 3.63) is 41.7 Å². The van der Waals surface area contributed by atoms with Crippen LogP contribution >= 0.6 is 0 Å². The van der Waals surface area contributed by atoms with Crippen molar-refractivity contribution in [3.8, 4) is 11.4 Å². The zero-order valence-corrected chi connectivity index (χ0v) is 13.6. The van der Waals surface area contributed by atoms with Gasteiger partial charge in [-0.1, -0.05) is 44.2 Å². The van der Waals surface area contributed by atoms with Gasteiger partial charge in [-0.05, 0) is 11.8 Å². The van der Waals surface area contributed by atoms with Crippen LogP contribution in [0.2, 0.25) is 0 Å². The van der Waals surface area contributed by atoms with E-state index in [4.69, 9.17) is 4.74 Å².